The fraction of sp³-hybridized carbons (Fsp3) is 0.375. The molecule has 1 aliphatic heterocycles. The number of amides is 2. The zero-order valence-electron chi connectivity index (χ0n) is 17.5. The number of aromatic amines is 1. The molecule has 6 nitrogen and oxygen atoms in total. The maximum atomic E-state index is 13.6. The highest BCUT2D eigenvalue weighted by Crippen LogP contribution is 2.56. The topological polar surface area (TPSA) is 92.1 Å². The lowest BCUT2D eigenvalue weighted by Crippen LogP contribution is -2.65. The fourth-order valence-corrected chi connectivity index (χ4v) is 5.65. The summed E-state index contributed by atoms with van der Waals surface area (Å²) in [5, 5.41) is 0. The number of carbonyl (C=O) groups excluding carboxylic acids is 2. The van der Waals surface area contributed by atoms with Crippen molar-refractivity contribution in [1.82, 2.24) is 14.9 Å². The van der Waals surface area contributed by atoms with Crippen LogP contribution in [0.5, 0.6) is 0 Å². The van der Waals surface area contributed by atoms with Crippen LogP contribution in [0.25, 0.3) is 11.0 Å². The minimum absolute atomic E-state index is 0.0192. The molecule has 0 saturated carbocycles. The summed E-state index contributed by atoms with van der Waals surface area (Å²) in [6.45, 7) is 7.44. The molecule has 3 aromatic rings. The summed E-state index contributed by atoms with van der Waals surface area (Å²) in [6.07, 6.45) is 3.11. The second kappa shape index (κ2) is 6.17. The molecule has 2 bridgehead atoms. The Bertz CT molecular complexity index is 1190. The van der Waals surface area contributed by atoms with Crippen LogP contribution in [-0.4, -0.2) is 39.3 Å². The van der Waals surface area contributed by atoms with Crippen molar-refractivity contribution in [3.63, 3.8) is 0 Å². The summed E-state index contributed by atoms with van der Waals surface area (Å²) in [5.74, 6) is -0.387. The largest absolute Gasteiger partial charge is 0.366 e. The van der Waals surface area contributed by atoms with Gasteiger partial charge in [-0.05, 0) is 53.6 Å². The van der Waals surface area contributed by atoms with Gasteiger partial charge in [0, 0.05) is 29.1 Å². The molecule has 0 radical (unpaired) electrons. The zero-order valence-corrected chi connectivity index (χ0v) is 17.5. The number of nitrogens with one attached hydrogen (secondary N) is 1. The van der Waals surface area contributed by atoms with Gasteiger partial charge < -0.3 is 15.6 Å². The second-order valence-electron chi connectivity index (χ2n) is 9.35. The van der Waals surface area contributed by atoms with Gasteiger partial charge in [0.15, 0.2) is 0 Å². The maximum absolute atomic E-state index is 13.6. The number of hydrogen-bond acceptors (Lipinski definition) is 3. The van der Waals surface area contributed by atoms with Gasteiger partial charge in [0.2, 0.25) is 5.91 Å². The Balaban J connectivity index is 1.60. The summed E-state index contributed by atoms with van der Waals surface area (Å²) in [7, 11) is 0. The number of likely N-dealkylation sites (tertiary alicyclic amines) is 1. The van der Waals surface area contributed by atoms with Crippen LogP contribution in [0, 0.1) is 5.41 Å². The molecule has 6 heteroatoms. The standard InChI is InChI=1S/C24H26N4O2/c1-23(2)20-12-16-15(21(25)29)5-4-6-17(16)24(23,3)9-10-28(20)22(30)14-7-8-18-19(11-14)27-13-26-18/h4-8,11,13,20H,9-10,12H2,1-3H3,(H2,25,29)(H,26,27)/t20-,24+/m1/s1. The van der Waals surface area contributed by atoms with E-state index in [1.165, 1.54) is 5.56 Å². The Morgan fingerprint density at radius 3 is 2.77 bits per heavy atom. The quantitative estimate of drug-likeness (QED) is 0.688. The van der Waals surface area contributed by atoms with Crippen molar-refractivity contribution in [3.8, 4) is 0 Å². The Hall–Kier alpha value is -3.15. The summed E-state index contributed by atoms with van der Waals surface area (Å²) in [4.78, 5) is 35.0. The number of nitrogens with zero attached hydrogens (tertiary/aromatic N) is 2. The van der Waals surface area contributed by atoms with Crippen molar-refractivity contribution in [3.05, 3.63) is 65.0 Å². The predicted molar refractivity (Wildman–Crippen MR) is 115 cm³/mol. The lowest BCUT2D eigenvalue weighted by Gasteiger charge is -2.61. The Morgan fingerprint density at radius 2 is 2.00 bits per heavy atom. The molecule has 2 atom stereocenters. The first kappa shape index (κ1) is 18.9. The van der Waals surface area contributed by atoms with E-state index in [-0.39, 0.29) is 22.8 Å². The Kier molecular flexibility index (Phi) is 3.88. The molecule has 2 aliphatic rings. The third-order valence-electron chi connectivity index (χ3n) is 7.85. The third kappa shape index (κ3) is 2.39. The third-order valence-corrected chi connectivity index (χ3v) is 7.85. The molecule has 30 heavy (non-hydrogen) atoms. The lowest BCUT2D eigenvalue weighted by atomic mass is 9.50. The first-order valence-electron chi connectivity index (χ1n) is 10.4. The predicted octanol–water partition coefficient (Wildman–Crippen LogP) is 3.42. The SMILES string of the molecule is CC1(C)[C@H]2Cc3c(C(N)=O)cccc3[C@]1(C)CCN2C(=O)c1ccc2nc[nH]c2c1. The molecule has 2 amide bonds. The van der Waals surface area contributed by atoms with E-state index in [1.54, 1.807) is 12.4 Å². The molecule has 1 saturated heterocycles. The number of piperidine rings is 1. The average Bonchev–Trinajstić information content (AvgIpc) is 3.17. The number of H-pyrrole nitrogens is 1. The minimum atomic E-state index is -0.407. The zero-order chi connectivity index (χ0) is 21.3. The van der Waals surface area contributed by atoms with Crippen LogP contribution >= 0.6 is 0 Å². The Morgan fingerprint density at radius 1 is 1.20 bits per heavy atom. The summed E-state index contributed by atoms with van der Waals surface area (Å²) in [5.41, 5.74) is 10.5. The molecule has 1 aromatic heterocycles. The van der Waals surface area contributed by atoms with Gasteiger partial charge in [0.25, 0.3) is 5.91 Å². The van der Waals surface area contributed by atoms with Gasteiger partial charge >= 0.3 is 0 Å². The van der Waals surface area contributed by atoms with Gasteiger partial charge in [-0.25, -0.2) is 4.98 Å². The first-order chi connectivity index (χ1) is 14.2. The van der Waals surface area contributed by atoms with E-state index in [1.807, 2.05) is 29.2 Å². The molecule has 3 N–H and O–H groups in total. The van der Waals surface area contributed by atoms with Gasteiger partial charge in [-0.1, -0.05) is 32.9 Å². The second-order valence-corrected chi connectivity index (χ2v) is 9.35. The lowest BCUT2D eigenvalue weighted by molar-refractivity contribution is -0.0263. The van der Waals surface area contributed by atoms with Crippen molar-refractivity contribution >= 4 is 22.8 Å². The van der Waals surface area contributed by atoms with Crippen LogP contribution in [0.2, 0.25) is 0 Å². The number of rotatable bonds is 2. The van der Waals surface area contributed by atoms with Crippen molar-refractivity contribution in [2.75, 3.05) is 6.54 Å². The molecular weight excluding hydrogens is 376 g/mol. The van der Waals surface area contributed by atoms with E-state index in [9.17, 15) is 9.59 Å². The molecule has 0 unspecified atom stereocenters. The Labute approximate surface area is 175 Å². The number of fused-ring (bicyclic) bond motifs is 5. The van der Waals surface area contributed by atoms with E-state index in [2.05, 4.69) is 36.8 Å². The van der Waals surface area contributed by atoms with Gasteiger partial charge in [-0.15, -0.1) is 0 Å². The van der Waals surface area contributed by atoms with Gasteiger partial charge in [-0.3, -0.25) is 9.59 Å². The molecule has 1 aliphatic carbocycles. The first-order valence-corrected chi connectivity index (χ1v) is 10.4. The molecule has 5 rings (SSSR count). The van der Waals surface area contributed by atoms with Gasteiger partial charge in [0.1, 0.15) is 0 Å². The van der Waals surface area contributed by atoms with Crippen molar-refractivity contribution < 1.29 is 9.59 Å². The average molecular weight is 402 g/mol. The minimum Gasteiger partial charge on any atom is -0.366 e. The fourth-order valence-electron chi connectivity index (χ4n) is 5.65. The highest BCUT2D eigenvalue weighted by atomic mass is 16.2. The smallest absolute Gasteiger partial charge is 0.254 e. The normalized spacial score (nSPS) is 24.5. The van der Waals surface area contributed by atoms with E-state index < -0.39 is 5.91 Å². The van der Waals surface area contributed by atoms with Crippen LogP contribution in [-0.2, 0) is 11.8 Å². The van der Waals surface area contributed by atoms with Crippen LogP contribution in [0.1, 0.15) is 59.0 Å². The van der Waals surface area contributed by atoms with Crippen LogP contribution in [0.4, 0.5) is 0 Å². The number of nitrogens with two attached hydrogens (primary N) is 1. The number of primary amides is 1. The summed E-state index contributed by atoms with van der Waals surface area (Å²) < 4.78 is 0. The molecule has 2 aromatic carbocycles. The van der Waals surface area contributed by atoms with E-state index in [4.69, 9.17) is 5.73 Å². The summed E-state index contributed by atoms with van der Waals surface area (Å²) >= 11 is 0. The molecular formula is C24H26N4O2. The highest BCUT2D eigenvalue weighted by Gasteiger charge is 2.57. The number of imidazole rings is 1. The van der Waals surface area contributed by atoms with Crippen molar-refractivity contribution in [2.45, 2.75) is 45.1 Å². The number of benzene rings is 2. The maximum Gasteiger partial charge on any atom is 0.254 e. The van der Waals surface area contributed by atoms with Crippen molar-refractivity contribution in [1.29, 1.82) is 0 Å². The number of aromatic nitrogens is 2. The van der Waals surface area contributed by atoms with E-state index >= 15 is 0 Å². The molecule has 154 valence electrons. The van der Waals surface area contributed by atoms with Crippen LogP contribution in [0.15, 0.2) is 42.7 Å². The van der Waals surface area contributed by atoms with Crippen LogP contribution in [0.3, 0.4) is 0 Å². The molecule has 0 spiro atoms. The summed E-state index contributed by atoms with van der Waals surface area (Å²) in [6, 6.07) is 11.4. The van der Waals surface area contributed by atoms with E-state index in [0.29, 0.717) is 24.1 Å². The monoisotopic (exact) mass is 402 g/mol. The number of carbonyl (C=O) groups is 2. The number of hydrogen-bond donors (Lipinski definition) is 2. The molecule has 2 heterocycles. The van der Waals surface area contributed by atoms with Crippen molar-refractivity contribution in [2.24, 2.45) is 11.1 Å². The van der Waals surface area contributed by atoms with E-state index in [0.717, 1.165) is 23.0 Å². The van der Waals surface area contributed by atoms with Crippen LogP contribution < -0.4 is 5.73 Å². The highest BCUT2D eigenvalue weighted by molar-refractivity contribution is 5.98. The molecule has 1 fully saturated rings. The van der Waals surface area contributed by atoms with Gasteiger partial charge in [0.05, 0.1) is 17.4 Å². The van der Waals surface area contributed by atoms with Gasteiger partial charge in [-0.2, -0.15) is 0 Å².